The van der Waals surface area contributed by atoms with Gasteiger partial charge in [-0.2, -0.15) is 0 Å². The zero-order valence-corrected chi connectivity index (χ0v) is 16.5. The molecule has 5 nitrogen and oxygen atoms in total. The topological polar surface area (TPSA) is 71.8 Å². The molecule has 2 aromatic heterocycles. The number of benzene rings is 1. The van der Waals surface area contributed by atoms with Crippen LogP contribution >= 0.6 is 15.9 Å². The van der Waals surface area contributed by atoms with Crippen molar-refractivity contribution >= 4 is 21.7 Å². The molecule has 0 saturated heterocycles. The summed E-state index contributed by atoms with van der Waals surface area (Å²) in [7, 11) is 0. The molecule has 0 unspecified atom stereocenters. The lowest BCUT2D eigenvalue weighted by Crippen LogP contribution is -2.11. The Morgan fingerprint density at radius 1 is 1.20 bits per heavy atom. The molecule has 0 atom stereocenters. The number of aromatic nitrogens is 3. The van der Waals surface area contributed by atoms with Crippen LogP contribution in [0.2, 0.25) is 0 Å². The van der Waals surface area contributed by atoms with Crippen molar-refractivity contribution in [2.75, 3.05) is 0 Å². The SMILES string of the molecule is Cc1[nH]c(-c2nnc(C(C)(C)C)o2)c(C)c1C(=O)c1cccc(Br)c1. The van der Waals surface area contributed by atoms with Crippen LogP contribution in [0, 0.1) is 13.8 Å². The first-order chi connectivity index (χ1) is 11.7. The summed E-state index contributed by atoms with van der Waals surface area (Å²) in [6.07, 6.45) is 0. The number of carbonyl (C=O) groups is 1. The maximum Gasteiger partial charge on any atom is 0.264 e. The summed E-state index contributed by atoms with van der Waals surface area (Å²) in [5.41, 5.74) is 3.34. The molecule has 6 heteroatoms. The summed E-state index contributed by atoms with van der Waals surface area (Å²) in [6, 6.07) is 7.37. The molecule has 0 spiro atoms. The molecular weight excluding hydrogens is 382 g/mol. The van der Waals surface area contributed by atoms with Gasteiger partial charge in [0, 0.05) is 26.7 Å². The van der Waals surface area contributed by atoms with Crippen molar-refractivity contribution in [3.8, 4) is 11.6 Å². The molecular formula is C19H20BrN3O2. The van der Waals surface area contributed by atoms with Gasteiger partial charge in [0.05, 0.1) is 0 Å². The van der Waals surface area contributed by atoms with Crippen molar-refractivity contribution in [2.45, 2.75) is 40.0 Å². The van der Waals surface area contributed by atoms with Gasteiger partial charge in [0.25, 0.3) is 5.89 Å². The number of aromatic amines is 1. The highest BCUT2D eigenvalue weighted by molar-refractivity contribution is 9.10. The van der Waals surface area contributed by atoms with E-state index in [-0.39, 0.29) is 11.2 Å². The summed E-state index contributed by atoms with van der Waals surface area (Å²) in [6.45, 7) is 9.81. The van der Waals surface area contributed by atoms with Gasteiger partial charge >= 0.3 is 0 Å². The lowest BCUT2D eigenvalue weighted by atomic mass is 9.97. The van der Waals surface area contributed by atoms with Crippen LogP contribution in [-0.4, -0.2) is 21.0 Å². The summed E-state index contributed by atoms with van der Waals surface area (Å²) < 4.78 is 6.69. The lowest BCUT2D eigenvalue weighted by molar-refractivity contribution is 0.103. The van der Waals surface area contributed by atoms with Crippen molar-refractivity contribution in [3.63, 3.8) is 0 Å². The van der Waals surface area contributed by atoms with E-state index in [1.807, 2.05) is 58.9 Å². The van der Waals surface area contributed by atoms with Gasteiger partial charge in [-0.15, -0.1) is 10.2 Å². The van der Waals surface area contributed by atoms with E-state index in [9.17, 15) is 4.79 Å². The van der Waals surface area contributed by atoms with E-state index in [2.05, 4.69) is 31.1 Å². The molecule has 2 heterocycles. The fourth-order valence-corrected chi connectivity index (χ4v) is 3.11. The Morgan fingerprint density at radius 2 is 1.92 bits per heavy atom. The van der Waals surface area contributed by atoms with Crippen molar-refractivity contribution in [2.24, 2.45) is 0 Å². The first kappa shape index (κ1) is 17.6. The second-order valence-electron chi connectivity index (χ2n) is 7.13. The van der Waals surface area contributed by atoms with E-state index < -0.39 is 0 Å². The van der Waals surface area contributed by atoms with E-state index in [4.69, 9.17) is 4.42 Å². The Bertz CT molecular complexity index is 948. The molecule has 3 aromatic rings. The van der Waals surface area contributed by atoms with Gasteiger partial charge in [-0.1, -0.05) is 48.8 Å². The van der Waals surface area contributed by atoms with Crippen LogP contribution in [-0.2, 0) is 5.41 Å². The molecule has 25 heavy (non-hydrogen) atoms. The first-order valence-corrected chi connectivity index (χ1v) is 8.81. The van der Waals surface area contributed by atoms with Crippen molar-refractivity contribution in [1.82, 2.24) is 15.2 Å². The highest BCUT2D eigenvalue weighted by atomic mass is 79.9. The fourth-order valence-electron chi connectivity index (χ4n) is 2.71. The van der Waals surface area contributed by atoms with Crippen LogP contribution in [0.15, 0.2) is 33.2 Å². The minimum atomic E-state index is -0.226. The number of rotatable bonds is 3. The number of ketones is 1. The minimum absolute atomic E-state index is 0.0330. The molecule has 1 aromatic carbocycles. The van der Waals surface area contributed by atoms with Crippen LogP contribution < -0.4 is 0 Å². The van der Waals surface area contributed by atoms with Crippen molar-refractivity contribution in [1.29, 1.82) is 0 Å². The Hall–Kier alpha value is -2.21. The quantitative estimate of drug-likeness (QED) is 0.628. The maximum absolute atomic E-state index is 12.9. The average Bonchev–Trinajstić information content (AvgIpc) is 3.11. The molecule has 0 bridgehead atoms. The molecule has 0 aliphatic carbocycles. The number of hydrogen-bond donors (Lipinski definition) is 1. The van der Waals surface area contributed by atoms with Crippen molar-refractivity contribution < 1.29 is 9.21 Å². The Balaban J connectivity index is 2.04. The predicted molar refractivity (Wildman–Crippen MR) is 99.8 cm³/mol. The van der Waals surface area contributed by atoms with Gasteiger partial charge < -0.3 is 9.40 Å². The van der Waals surface area contributed by atoms with E-state index in [0.29, 0.717) is 28.6 Å². The predicted octanol–water partition coefficient (Wildman–Crippen LogP) is 4.97. The number of halogens is 1. The van der Waals surface area contributed by atoms with E-state index in [1.54, 1.807) is 0 Å². The van der Waals surface area contributed by atoms with E-state index in [0.717, 1.165) is 15.7 Å². The molecule has 0 radical (unpaired) electrons. The third kappa shape index (κ3) is 3.31. The highest BCUT2D eigenvalue weighted by Crippen LogP contribution is 2.31. The molecule has 3 rings (SSSR count). The van der Waals surface area contributed by atoms with Crippen LogP contribution in [0.4, 0.5) is 0 Å². The van der Waals surface area contributed by atoms with Crippen molar-refractivity contribution in [3.05, 3.63) is 57.0 Å². The average molecular weight is 402 g/mol. The minimum Gasteiger partial charge on any atom is -0.419 e. The number of nitrogens with one attached hydrogen (secondary N) is 1. The molecule has 0 amide bonds. The summed E-state index contributed by atoms with van der Waals surface area (Å²) in [5, 5.41) is 8.28. The van der Waals surface area contributed by atoms with E-state index in [1.165, 1.54) is 0 Å². The maximum atomic E-state index is 12.9. The Morgan fingerprint density at radius 3 is 2.52 bits per heavy atom. The van der Waals surface area contributed by atoms with Crippen LogP contribution in [0.5, 0.6) is 0 Å². The number of hydrogen-bond acceptors (Lipinski definition) is 4. The number of nitrogens with zero attached hydrogens (tertiary/aromatic N) is 2. The fraction of sp³-hybridized carbons (Fsp3) is 0.316. The van der Waals surface area contributed by atoms with Gasteiger partial charge in [0.2, 0.25) is 5.89 Å². The zero-order chi connectivity index (χ0) is 18.4. The lowest BCUT2D eigenvalue weighted by Gasteiger charge is -2.10. The smallest absolute Gasteiger partial charge is 0.264 e. The monoisotopic (exact) mass is 401 g/mol. The zero-order valence-electron chi connectivity index (χ0n) is 14.9. The molecule has 1 N–H and O–H groups in total. The van der Waals surface area contributed by atoms with Gasteiger partial charge in [0.1, 0.15) is 5.69 Å². The number of carbonyl (C=O) groups excluding carboxylic acids is 1. The van der Waals surface area contributed by atoms with Gasteiger partial charge in [0.15, 0.2) is 5.78 Å². The molecule has 130 valence electrons. The standard InChI is InChI=1S/C19H20BrN3O2/c1-10-14(16(24)12-7-6-8-13(20)9-12)11(2)21-15(10)17-22-23-18(25-17)19(3,4)5/h6-9,21H,1-5H3. The Kier molecular flexibility index (Phi) is 4.41. The van der Waals surface area contributed by atoms with Gasteiger partial charge in [-0.3, -0.25) is 4.79 Å². The van der Waals surface area contributed by atoms with Gasteiger partial charge in [-0.25, -0.2) is 0 Å². The highest BCUT2D eigenvalue weighted by Gasteiger charge is 2.26. The number of H-pyrrole nitrogens is 1. The second kappa shape index (κ2) is 6.26. The van der Waals surface area contributed by atoms with Crippen LogP contribution in [0.1, 0.15) is 53.8 Å². The van der Waals surface area contributed by atoms with E-state index >= 15 is 0 Å². The molecule has 0 fully saturated rings. The molecule has 0 saturated carbocycles. The summed E-state index contributed by atoms with van der Waals surface area (Å²) in [5.74, 6) is 0.933. The third-order valence-corrected chi connectivity index (χ3v) is 4.53. The van der Waals surface area contributed by atoms with Gasteiger partial charge in [-0.05, 0) is 31.5 Å². The summed E-state index contributed by atoms with van der Waals surface area (Å²) >= 11 is 3.41. The molecule has 0 aliphatic heterocycles. The molecule has 0 aliphatic rings. The first-order valence-electron chi connectivity index (χ1n) is 8.02. The number of aryl methyl sites for hydroxylation is 1. The normalized spacial score (nSPS) is 11.8. The van der Waals surface area contributed by atoms with Crippen LogP contribution in [0.3, 0.4) is 0 Å². The second-order valence-corrected chi connectivity index (χ2v) is 8.04. The van der Waals surface area contributed by atoms with Crippen LogP contribution in [0.25, 0.3) is 11.6 Å². The summed E-state index contributed by atoms with van der Waals surface area (Å²) in [4.78, 5) is 16.2. The third-order valence-electron chi connectivity index (χ3n) is 4.03. The Labute approximate surface area is 155 Å². The largest absolute Gasteiger partial charge is 0.419 e.